The molecular formula is C21H23N7O3. The highest BCUT2D eigenvalue weighted by Gasteiger charge is 2.26. The molecule has 3 aromatic rings. The Labute approximate surface area is 178 Å². The van der Waals surface area contributed by atoms with Crippen molar-refractivity contribution in [2.75, 3.05) is 18.0 Å². The second-order valence-corrected chi connectivity index (χ2v) is 7.56. The number of imidazole rings is 1. The third-order valence-electron chi connectivity index (χ3n) is 5.45. The zero-order chi connectivity index (χ0) is 22.1. The number of rotatable bonds is 4. The van der Waals surface area contributed by atoms with Crippen LogP contribution in [0, 0.1) is 23.2 Å². The lowest BCUT2D eigenvalue weighted by Crippen LogP contribution is -2.44. The molecular weight excluding hydrogens is 398 g/mol. The minimum absolute atomic E-state index is 0.0213. The first-order chi connectivity index (χ1) is 14.9. The summed E-state index contributed by atoms with van der Waals surface area (Å²) >= 11 is 0. The summed E-state index contributed by atoms with van der Waals surface area (Å²) < 4.78 is 9.57. The minimum atomic E-state index is -0.513. The largest absolute Gasteiger partial charge is 0.449 e. The monoisotopic (exact) mass is 421 g/mol. The van der Waals surface area contributed by atoms with Gasteiger partial charge in [0, 0.05) is 26.2 Å². The number of hydrogen-bond donors (Lipinski definition) is 1. The molecule has 4 heterocycles. The number of fused-ring (bicyclic) bond motifs is 1. The highest BCUT2D eigenvalue weighted by molar-refractivity contribution is 5.75. The van der Waals surface area contributed by atoms with E-state index in [9.17, 15) is 9.59 Å². The Kier molecular flexibility index (Phi) is 5.40. The molecule has 1 fully saturated rings. The second kappa shape index (κ2) is 8.17. The Hall–Kier alpha value is -3.76. The zero-order valence-corrected chi connectivity index (χ0v) is 17.5. The molecule has 2 N–H and O–H groups in total. The van der Waals surface area contributed by atoms with Gasteiger partial charge in [-0.05, 0) is 31.9 Å². The number of piperidine rings is 1. The summed E-state index contributed by atoms with van der Waals surface area (Å²) in [5.74, 6) is 6.90. The summed E-state index contributed by atoms with van der Waals surface area (Å²) in [4.78, 5) is 33.1. The van der Waals surface area contributed by atoms with Crippen molar-refractivity contribution in [2.24, 2.45) is 12.8 Å². The van der Waals surface area contributed by atoms with Crippen LogP contribution in [0.15, 0.2) is 26.1 Å². The molecule has 1 unspecified atom stereocenters. The van der Waals surface area contributed by atoms with Gasteiger partial charge in [-0.2, -0.15) is 10.2 Å². The van der Waals surface area contributed by atoms with Gasteiger partial charge in [-0.15, -0.1) is 5.92 Å². The van der Waals surface area contributed by atoms with Crippen LogP contribution in [0.4, 0.5) is 5.95 Å². The summed E-state index contributed by atoms with van der Waals surface area (Å²) in [7, 11) is 1.58. The van der Waals surface area contributed by atoms with Gasteiger partial charge in [-0.25, -0.2) is 4.79 Å². The van der Waals surface area contributed by atoms with E-state index in [-0.39, 0.29) is 24.9 Å². The molecule has 0 bridgehead atoms. The Morgan fingerprint density at radius 2 is 2.13 bits per heavy atom. The quantitative estimate of drug-likeness (QED) is 0.602. The first-order valence-electron chi connectivity index (χ1n) is 10.0. The van der Waals surface area contributed by atoms with Gasteiger partial charge in [0.2, 0.25) is 11.7 Å². The number of aromatic nitrogens is 4. The van der Waals surface area contributed by atoms with Crippen LogP contribution in [0.3, 0.4) is 0 Å². The fourth-order valence-corrected chi connectivity index (χ4v) is 3.92. The van der Waals surface area contributed by atoms with E-state index in [1.807, 2.05) is 11.0 Å². The zero-order valence-electron chi connectivity index (χ0n) is 17.5. The number of hydrogen-bond acceptors (Lipinski definition) is 7. The lowest BCUT2D eigenvalue weighted by Gasteiger charge is -2.31. The van der Waals surface area contributed by atoms with Crippen molar-refractivity contribution in [3.8, 4) is 17.9 Å². The van der Waals surface area contributed by atoms with Crippen LogP contribution in [-0.4, -0.2) is 37.8 Å². The van der Waals surface area contributed by atoms with Crippen LogP contribution in [0.25, 0.3) is 11.2 Å². The number of nitriles is 1. The van der Waals surface area contributed by atoms with Gasteiger partial charge in [0.05, 0.1) is 13.1 Å². The van der Waals surface area contributed by atoms with E-state index in [1.54, 1.807) is 24.6 Å². The van der Waals surface area contributed by atoms with E-state index in [0.29, 0.717) is 29.4 Å². The van der Waals surface area contributed by atoms with E-state index in [2.05, 4.69) is 16.8 Å². The topological polar surface area (TPSA) is 128 Å². The van der Waals surface area contributed by atoms with Gasteiger partial charge in [-0.3, -0.25) is 18.5 Å². The predicted molar refractivity (Wildman–Crippen MR) is 115 cm³/mol. The number of anilines is 1. The van der Waals surface area contributed by atoms with Crippen molar-refractivity contribution in [2.45, 2.75) is 38.9 Å². The van der Waals surface area contributed by atoms with Crippen LogP contribution in [0.2, 0.25) is 0 Å². The van der Waals surface area contributed by atoms with E-state index in [0.717, 1.165) is 24.0 Å². The fraction of sp³-hybridized carbons (Fsp3) is 0.429. The molecule has 0 saturated carbocycles. The van der Waals surface area contributed by atoms with Crippen molar-refractivity contribution in [1.82, 2.24) is 18.7 Å². The summed E-state index contributed by atoms with van der Waals surface area (Å²) in [6.07, 6.45) is 1.86. The minimum Gasteiger partial charge on any atom is -0.449 e. The Morgan fingerprint density at radius 1 is 1.32 bits per heavy atom. The van der Waals surface area contributed by atoms with Gasteiger partial charge in [0.15, 0.2) is 11.2 Å². The van der Waals surface area contributed by atoms with Gasteiger partial charge < -0.3 is 15.1 Å². The smallest absolute Gasteiger partial charge is 0.332 e. The first kappa shape index (κ1) is 20.5. The fourth-order valence-electron chi connectivity index (χ4n) is 3.92. The molecule has 1 saturated heterocycles. The summed E-state index contributed by atoms with van der Waals surface area (Å²) in [6, 6.07) is 5.00. The molecule has 10 nitrogen and oxygen atoms in total. The predicted octanol–water partition coefficient (Wildman–Crippen LogP) is 0.360. The third-order valence-corrected chi connectivity index (χ3v) is 5.45. The van der Waals surface area contributed by atoms with Crippen molar-refractivity contribution in [1.29, 1.82) is 5.26 Å². The Balaban J connectivity index is 1.91. The lowest BCUT2D eigenvalue weighted by molar-refractivity contribution is 0.471. The van der Waals surface area contributed by atoms with Crippen molar-refractivity contribution in [3.63, 3.8) is 0 Å². The number of nitrogens with zero attached hydrogens (tertiary/aromatic N) is 6. The Morgan fingerprint density at radius 3 is 2.81 bits per heavy atom. The normalized spacial score (nSPS) is 16.2. The molecule has 0 aliphatic carbocycles. The molecule has 1 atom stereocenters. The average Bonchev–Trinajstić information content (AvgIpc) is 3.38. The van der Waals surface area contributed by atoms with Crippen molar-refractivity contribution >= 4 is 17.1 Å². The molecule has 0 aromatic carbocycles. The average molecular weight is 421 g/mol. The Bertz CT molecular complexity index is 1360. The highest BCUT2D eigenvalue weighted by atomic mass is 16.3. The number of nitrogens with two attached hydrogens (primary N) is 1. The number of furan rings is 1. The molecule has 3 aromatic heterocycles. The van der Waals surface area contributed by atoms with Gasteiger partial charge in [-0.1, -0.05) is 5.92 Å². The van der Waals surface area contributed by atoms with Gasteiger partial charge in [0.1, 0.15) is 11.8 Å². The van der Waals surface area contributed by atoms with Gasteiger partial charge >= 0.3 is 5.69 Å². The standard InChI is InChI=1S/C21H23N7O3/c1-3-4-10-27-17-18(24-20(27)26-9-5-6-14(23)12-26)25(2)21(30)28(19(17)29)13-16-8-7-15(11-22)31-16/h7-8,14H,5-6,9-10,12-13,23H2,1-2H3. The van der Waals surface area contributed by atoms with Crippen LogP contribution in [0.1, 0.15) is 31.3 Å². The molecule has 4 rings (SSSR count). The van der Waals surface area contributed by atoms with Gasteiger partial charge in [0.25, 0.3) is 5.56 Å². The summed E-state index contributed by atoms with van der Waals surface area (Å²) in [5.41, 5.74) is 5.76. The van der Waals surface area contributed by atoms with Crippen LogP contribution in [-0.2, 0) is 20.1 Å². The first-order valence-corrected chi connectivity index (χ1v) is 10.0. The van der Waals surface area contributed by atoms with Crippen LogP contribution in [0.5, 0.6) is 0 Å². The maximum absolute atomic E-state index is 13.4. The molecule has 0 spiro atoms. The number of aryl methyl sites for hydroxylation is 1. The SMILES string of the molecule is CC#CCn1c(N2CCCC(N)C2)nc2c1c(=O)n(Cc1ccc(C#N)o1)c(=O)n2C. The molecule has 1 aliphatic rings. The van der Waals surface area contributed by atoms with Crippen molar-refractivity contribution in [3.05, 3.63) is 44.5 Å². The highest BCUT2D eigenvalue weighted by Crippen LogP contribution is 2.23. The van der Waals surface area contributed by atoms with E-state index < -0.39 is 11.2 Å². The second-order valence-electron chi connectivity index (χ2n) is 7.56. The third kappa shape index (κ3) is 3.62. The molecule has 10 heteroatoms. The molecule has 1 aliphatic heterocycles. The van der Waals surface area contributed by atoms with E-state index in [1.165, 1.54) is 10.6 Å². The van der Waals surface area contributed by atoms with Crippen molar-refractivity contribution < 1.29 is 4.42 Å². The molecule has 31 heavy (non-hydrogen) atoms. The van der Waals surface area contributed by atoms with E-state index >= 15 is 0 Å². The summed E-state index contributed by atoms with van der Waals surface area (Å²) in [5, 5.41) is 8.96. The molecule has 160 valence electrons. The molecule has 0 amide bonds. The maximum Gasteiger partial charge on any atom is 0.332 e. The van der Waals surface area contributed by atoms with Crippen LogP contribution >= 0.6 is 0 Å². The molecule has 0 radical (unpaired) electrons. The van der Waals surface area contributed by atoms with E-state index in [4.69, 9.17) is 15.4 Å². The summed E-state index contributed by atoms with van der Waals surface area (Å²) in [6.45, 7) is 3.29. The maximum atomic E-state index is 13.4. The lowest BCUT2D eigenvalue weighted by atomic mass is 10.1. The van der Waals surface area contributed by atoms with Crippen LogP contribution < -0.4 is 21.9 Å².